The highest BCUT2D eigenvalue weighted by Crippen LogP contribution is 2.08. The van der Waals surface area contributed by atoms with Crippen LogP contribution in [-0.2, 0) is 4.79 Å². The van der Waals surface area contributed by atoms with Gasteiger partial charge in [-0.25, -0.2) is 0 Å². The van der Waals surface area contributed by atoms with E-state index in [0.29, 0.717) is 18.6 Å². The summed E-state index contributed by atoms with van der Waals surface area (Å²) < 4.78 is 0. The van der Waals surface area contributed by atoms with Crippen LogP contribution >= 0.6 is 0 Å². The first-order chi connectivity index (χ1) is 7.22. The molecule has 0 heterocycles. The Bertz CT molecular complexity index is 187. The van der Waals surface area contributed by atoms with Crippen LogP contribution in [0.1, 0.15) is 71.6 Å². The van der Waals surface area contributed by atoms with Crippen LogP contribution in [0.5, 0.6) is 0 Å². The van der Waals surface area contributed by atoms with E-state index in [4.69, 9.17) is 5.41 Å². The Morgan fingerprint density at radius 2 is 1.47 bits per heavy atom. The molecule has 0 atom stereocenters. The molecule has 2 nitrogen and oxygen atoms in total. The molecule has 0 radical (unpaired) electrons. The van der Waals surface area contributed by atoms with Gasteiger partial charge in [0.1, 0.15) is 0 Å². The molecular weight excluding hydrogens is 186 g/mol. The van der Waals surface area contributed by atoms with E-state index in [0.717, 1.165) is 12.8 Å². The van der Waals surface area contributed by atoms with Gasteiger partial charge in [-0.3, -0.25) is 4.79 Å². The molecule has 2 heteroatoms. The van der Waals surface area contributed by atoms with E-state index in [-0.39, 0.29) is 5.78 Å². The largest absolute Gasteiger partial charge is 0.302 e. The minimum atomic E-state index is 0.0473. The quantitative estimate of drug-likeness (QED) is 0.428. The van der Waals surface area contributed by atoms with E-state index in [1.165, 1.54) is 32.1 Å². The highest BCUT2D eigenvalue weighted by molar-refractivity contribution is 6.38. The van der Waals surface area contributed by atoms with Crippen molar-refractivity contribution in [3.8, 4) is 0 Å². The summed E-state index contributed by atoms with van der Waals surface area (Å²) in [5.74, 6) is 0.0473. The number of nitrogens with one attached hydrogen (secondary N) is 1. The highest BCUT2D eigenvalue weighted by Gasteiger charge is 2.05. The lowest BCUT2D eigenvalue weighted by atomic mass is 10.0. The second-order valence-corrected chi connectivity index (χ2v) is 4.13. The third kappa shape index (κ3) is 8.34. The summed E-state index contributed by atoms with van der Waals surface area (Å²) >= 11 is 0. The average Bonchev–Trinajstić information content (AvgIpc) is 2.26. The molecule has 0 aliphatic heterocycles. The summed E-state index contributed by atoms with van der Waals surface area (Å²) in [6, 6.07) is 0. The average molecular weight is 211 g/mol. The van der Waals surface area contributed by atoms with Crippen molar-refractivity contribution in [1.29, 1.82) is 5.41 Å². The molecule has 0 aromatic carbocycles. The fraction of sp³-hybridized carbons (Fsp3) is 0.846. The van der Waals surface area contributed by atoms with Crippen molar-refractivity contribution in [3.63, 3.8) is 0 Å². The molecule has 0 bridgehead atoms. The van der Waals surface area contributed by atoms with Crippen molar-refractivity contribution in [2.24, 2.45) is 0 Å². The predicted octanol–water partition coefficient (Wildman–Crippen LogP) is 4.13. The van der Waals surface area contributed by atoms with E-state index in [9.17, 15) is 4.79 Å². The van der Waals surface area contributed by atoms with Gasteiger partial charge in [-0.2, -0.15) is 0 Å². The second kappa shape index (κ2) is 9.88. The molecule has 0 spiro atoms. The Balaban J connectivity index is 3.24. The maximum atomic E-state index is 11.3. The Kier molecular flexibility index (Phi) is 9.44. The summed E-state index contributed by atoms with van der Waals surface area (Å²) in [4.78, 5) is 11.3. The molecule has 0 saturated heterocycles. The number of carbonyl (C=O) groups is 1. The normalized spacial score (nSPS) is 10.3. The Morgan fingerprint density at radius 3 is 2.00 bits per heavy atom. The third-order valence-electron chi connectivity index (χ3n) is 2.70. The zero-order valence-electron chi connectivity index (χ0n) is 10.3. The van der Waals surface area contributed by atoms with Crippen molar-refractivity contribution >= 4 is 11.5 Å². The van der Waals surface area contributed by atoms with Crippen molar-refractivity contribution in [1.82, 2.24) is 0 Å². The number of hydrogen-bond acceptors (Lipinski definition) is 2. The van der Waals surface area contributed by atoms with Crippen LogP contribution < -0.4 is 0 Å². The Labute approximate surface area is 94.0 Å². The lowest BCUT2D eigenvalue weighted by Gasteiger charge is -2.01. The highest BCUT2D eigenvalue weighted by atomic mass is 16.1. The second-order valence-electron chi connectivity index (χ2n) is 4.13. The van der Waals surface area contributed by atoms with E-state index >= 15 is 0 Å². The molecule has 1 N–H and O–H groups in total. The van der Waals surface area contributed by atoms with Gasteiger partial charge in [-0.1, -0.05) is 52.4 Å². The number of rotatable bonds is 10. The zero-order valence-corrected chi connectivity index (χ0v) is 10.3. The van der Waals surface area contributed by atoms with Crippen molar-refractivity contribution in [2.75, 3.05) is 0 Å². The summed E-state index contributed by atoms with van der Waals surface area (Å²) in [5, 5.41) is 7.37. The topological polar surface area (TPSA) is 40.9 Å². The van der Waals surface area contributed by atoms with Crippen molar-refractivity contribution in [2.45, 2.75) is 71.6 Å². The number of carbonyl (C=O) groups excluding carboxylic acids is 1. The van der Waals surface area contributed by atoms with E-state index in [1.54, 1.807) is 0 Å². The monoisotopic (exact) mass is 211 g/mol. The van der Waals surface area contributed by atoms with Gasteiger partial charge in [0.25, 0.3) is 0 Å². The standard InChI is InChI=1S/C13H25NO/c1-3-5-6-7-8-9-10-11-13(15)12(14)4-2/h14H,3-11H2,1-2H3. The molecule has 0 unspecified atom stereocenters. The lowest BCUT2D eigenvalue weighted by Crippen LogP contribution is -2.10. The molecule has 0 fully saturated rings. The van der Waals surface area contributed by atoms with Gasteiger partial charge >= 0.3 is 0 Å². The van der Waals surface area contributed by atoms with E-state index in [1.807, 2.05) is 6.92 Å². The van der Waals surface area contributed by atoms with Crippen molar-refractivity contribution < 1.29 is 4.79 Å². The van der Waals surface area contributed by atoms with Gasteiger partial charge in [-0.05, 0) is 12.8 Å². The smallest absolute Gasteiger partial charge is 0.176 e. The maximum absolute atomic E-state index is 11.3. The van der Waals surface area contributed by atoms with Gasteiger partial charge in [-0.15, -0.1) is 0 Å². The van der Waals surface area contributed by atoms with Gasteiger partial charge in [0, 0.05) is 6.42 Å². The van der Waals surface area contributed by atoms with Gasteiger partial charge in [0.2, 0.25) is 0 Å². The van der Waals surface area contributed by atoms with Gasteiger partial charge in [0.05, 0.1) is 5.71 Å². The van der Waals surface area contributed by atoms with Gasteiger partial charge < -0.3 is 5.41 Å². The summed E-state index contributed by atoms with van der Waals surface area (Å²) in [5.41, 5.74) is 0.293. The molecule has 0 aromatic rings. The molecule has 15 heavy (non-hydrogen) atoms. The first kappa shape index (κ1) is 14.3. The molecule has 88 valence electrons. The number of unbranched alkanes of at least 4 members (excludes halogenated alkanes) is 6. The zero-order chi connectivity index (χ0) is 11.5. The first-order valence-corrected chi connectivity index (χ1v) is 6.33. The summed E-state index contributed by atoms with van der Waals surface area (Å²) in [6.45, 7) is 4.08. The van der Waals surface area contributed by atoms with Crippen LogP contribution in [0.4, 0.5) is 0 Å². The Hall–Kier alpha value is -0.660. The molecule has 0 aromatic heterocycles. The van der Waals surface area contributed by atoms with E-state index < -0.39 is 0 Å². The predicted molar refractivity (Wildman–Crippen MR) is 65.6 cm³/mol. The fourth-order valence-corrected chi connectivity index (χ4v) is 1.59. The minimum Gasteiger partial charge on any atom is -0.302 e. The van der Waals surface area contributed by atoms with E-state index in [2.05, 4.69) is 6.92 Å². The maximum Gasteiger partial charge on any atom is 0.176 e. The molecular formula is C13H25NO. The first-order valence-electron chi connectivity index (χ1n) is 6.33. The third-order valence-corrected chi connectivity index (χ3v) is 2.70. The summed E-state index contributed by atoms with van der Waals surface area (Å²) in [7, 11) is 0. The molecule has 0 amide bonds. The SMILES string of the molecule is CCCCCCCCCC(=O)C(=N)CC. The van der Waals surface area contributed by atoms with Crippen LogP contribution in [0.3, 0.4) is 0 Å². The van der Waals surface area contributed by atoms with Crippen molar-refractivity contribution in [3.05, 3.63) is 0 Å². The molecule has 0 rings (SSSR count). The van der Waals surface area contributed by atoms with Crippen LogP contribution in [-0.4, -0.2) is 11.5 Å². The number of ketones is 1. The lowest BCUT2D eigenvalue weighted by molar-refractivity contribution is -0.113. The minimum absolute atomic E-state index is 0.0473. The fourth-order valence-electron chi connectivity index (χ4n) is 1.59. The Morgan fingerprint density at radius 1 is 0.933 bits per heavy atom. The van der Waals surface area contributed by atoms with Gasteiger partial charge in [0.15, 0.2) is 5.78 Å². The van der Waals surface area contributed by atoms with Crippen LogP contribution in [0.25, 0.3) is 0 Å². The molecule has 0 aliphatic rings. The number of Topliss-reactive ketones (excluding diaryl/α,β-unsaturated/α-hetero) is 1. The molecule has 0 saturated carbocycles. The summed E-state index contributed by atoms with van der Waals surface area (Å²) in [6.07, 6.45) is 9.76. The van der Waals surface area contributed by atoms with Crippen LogP contribution in [0, 0.1) is 5.41 Å². The number of hydrogen-bond donors (Lipinski definition) is 1. The van der Waals surface area contributed by atoms with Crippen LogP contribution in [0.2, 0.25) is 0 Å². The molecule has 0 aliphatic carbocycles. The van der Waals surface area contributed by atoms with Crippen LogP contribution in [0.15, 0.2) is 0 Å².